The molecule has 5 N–H and O–H groups in total. The molecule has 1 unspecified atom stereocenters. The van der Waals surface area contributed by atoms with Crippen LogP contribution in [0.2, 0.25) is 0 Å². The summed E-state index contributed by atoms with van der Waals surface area (Å²) < 4.78 is 0. The fourth-order valence-electron chi connectivity index (χ4n) is 0.783. The maximum atomic E-state index is 10.4. The van der Waals surface area contributed by atoms with Crippen LogP contribution < -0.4 is 11.5 Å². The Labute approximate surface area is 70.7 Å². The number of hydrogen-bond donors (Lipinski definition) is 3. The average molecular weight is 174 g/mol. The molecule has 0 aromatic heterocycles. The van der Waals surface area contributed by atoms with Crippen molar-refractivity contribution in [1.82, 2.24) is 0 Å². The van der Waals surface area contributed by atoms with Crippen LogP contribution in [0.1, 0.15) is 25.7 Å². The Morgan fingerprint density at radius 1 is 1.33 bits per heavy atom. The number of amides is 1. The minimum Gasteiger partial charge on any atom is -0.481 e. The van der Waals surface area contributed by atoms with Crippen LogP contribution in [0.5, 0.6) is 0 Å². The lowest BCUT2D eigenvalue weighted by Gasteiger charge is -2.04. The lowest BCUT2D eigenvalue weighted by atomic mass is 10.1. The molecule has 0 aromatic rings. The summed E-state index contributed by atoms with van der Waals surface area (Å²) >= 11 is 0. The first kappa shape index (κ1) is 10.9. The van der Waals surface area contributed by atoms with E-state index >= 15 is 0 Å². The van der Waals surface area contributed by atoms with Crippen LogP contribution in [0, 0.1) is 0 Å². The standard InChI is InChI=1S/C7H14N2O3/c8-5(7(9)12)3-1-2-4-6(10)11/h5H,1-4,8H2,(H2,9,12)(H,10,11). The van der Waals surface area contributed by atoms with Gasteiger partial charge in [0.2, 0.25) is 5.91 Å². The third-order valence-corrected chi connectivity index (χ3v) is 1.52. The third kappa shape index (κ3) is 5.67. The Balaban J connectivity index is 3.31. The Kier molecular flexibility index (Phi) is 5.03. The number of nitrogens with two attached hydrogens (primary N) is 2. The molecule has 5 heteroatoms. The highest BCUT2D eigenvalue weighted by Crippen LogP contribution is 2.01. The van der Waals surface area contributed by atoms with E-state index in [4.69, 9.17) is 16.6 Å². The van der Waals surface area contributed by atoms with Gasteiger partial charge < -0.3 is 16.6 Å². The van der Waals surface area contributed by atoms with E-state index in [-0.39, 0.29) is 6.42 Å². The van der Waals surface area contributed by atoms with E-state index in [9.17, 15) is 9.59 Å². The highest BCUT2D eigenvalue weighted by molar-refractivity contribution is 5.79. The normalized spacial score (nSPS) is 12.4. The molecular formula is C7H14N2O3. The van der Waals surface area contributed by atoms with Crippen molar-refractivity contribution in [3.8, 4) is 0 Å². The minimum atomic E-state index is -0.831. The van der Waals surface area contributed by atoms with Crippen LogP contribution in [0.4, 0.5) is 0 Å². The van der Waals surface area contributed by atoms with Crippen molar-refractivity contribution >= 4 is 11.9 Å². The van der Waals surface area contributed by atoms with Gasteiger partial charge >= 0.3 is 5.97 Å². The summed E-state index contributed by atoms with van der Waals surface area (Å²) in [7, 11) is 0. The molecule has 0 bridgehead atoms. The van der Waals surface area contributed by atoms with Crippen molar-refractivity contribution in [3.63, 3.8) is 0 Å². The topological polar surface area (TPSA) is 106 Å². The molecule has 1 amide bonds. The molecule has 1 atom stereocenters. The monoisotopic (exact) mass is 174 g/mol. The second-order valence-corrected chi connectivity index (χ2v) is 2.65. The maximum Gasteiger partial charge on any atom is 0.303 e. The summed E-state index contributed by atoms with van der Waals surface area (Å²) in [5.41, 5.74) is 10.2. The molecule has 0 spiro atoms. The third-order valence-electron chi connectivity index (χ3n) is 1.52. The smallest absolute Gasteiger partial charge is 0.303 e. The quantitative estimate of drug-likeness (QED) is 0.469. The fraction of sp³-hybridized carbons (Fsp3) is 0.714. The molecule has 0 aliphatic carbocycles. The molecule has 0 saturated carbocycles. The summed E-state index contributed by atoms with van der Waals surface area (Å²) in [6.45, 7) is 0. The van der Waals surface area contributed by atoms with Crippen molar-refractivity contribution in [2.45, 2.75) is 31.7 Å². The van der Waals surface area contributed by atoms with Gasteiger partial charge in [0.15, 0.2) is 0 Å². The van der Waals surface area contributed by atoms with Crippen LogP contribution in [-0.2, 0) is 9.59 Å². The van der Waals surface area contributed by atoms with Gasteiger partial charge in [0, 0.05) is 6.42 Å². The summed E-state index contributed by atoms with van der Waals surface area (Å²) in [4.78, 5) is 20.5. The lowest BCUT2D eigenvalue weighted by Crippen LogP contribution is -2.36. The molecule has 0 aliphatic heterocycles. The van der Waals surface area contributed by atoms with Gasteiger partial charge in [-0.2, -0.15) is 0 Å². The van der Waals surface area contributed by atoms with E-state index in [0.717, 1.165) is 0 Å². The predicted octanol–water partition coefficient (Wildman–Crippen LogP) is -0.556. The number of hydrogen-bond acceptors (Lipinski definition) is 3. The second-order valence-electron chi connectivity index (χ2n) is 2.65. The van der Waals surface area contributed by atoms with Crippen LogP contribution in [0.15, 0.2) is 0 Å². The van der Waals surface area contributed by atoms with E-state index in [1.807, 2.05) is 0 Å². The zero-order chi connectivity index (χ0) is 9.56. The van der Waals surface area contributed by atoms with E-state index in [2.05, 4.69) is 0 Å². The Morgan fingerprint density at radius 3 is 2.33 bits per heavy atom. The van der Waals surface area contributed by atoms with Gasteiger partial charge in [-0.3, -0.25) is 9.59 Å². The summed E-state index contributed by atoms with van der Waals surface area (Å²) in [6.07, 6.45) is 1.74. The Bertz CT molecular complexity index is 170. The SMILES string of the molecule is NC(=O)C(N)CCCCC(=O)O. The number of carbonyl (C=O) groups excluding carboxylic acids is 1. The van der Waals surface area contributed by atoms with Gasteiger partial charge in [-0.1, -0.05) is 6.42 Å². The number of carboxylic acid groups (broad SMARTS) is 1. The van der Waals surface area contributed by atoms with Crippen molar-refractivity contribution in [2.24, 2.45) is 11.5 Å². The molecular weight excluding hydrogens is 160 g/mol. The van der Waals surface area contributed by atoms with Crippen molar-refractivity contribution in [1.29, 1.82) is 0 Å². The number of unbranched alkanes of at least 4 members (excludes halogenated alkanes) is 1. The summed E-state index contributed by atoms with van der Waals surface area (Å²) in [5.74, 6) is -1.37. The highest BCUT2D eigenvalue weighted by atomic mass is 16.4. The van der Waals surface area contributed by atoms with Gasteiger partial charge in [-0.15, -0.1) is 0 Å². The van der Waals surface area contributed by atoms with E-state index in [1.54, 1.807) is 0 Å². The molecule has 70 valence electrons. The van der Waals surface area contributed by atoms with E-state index in [1.165, 1.54) is 0 Å². The van der Waals surface area contributed by atoms with Gasteiger partial charge in [0.1, 0.15) is 0 Å². The van der Waals surface area contributed by atoms with Gasteiger partial charge in [-0.25, -0.2) is 0 Å². The first-order valence-electron chi connectivity index (χ1n) is 3.80. The molecule has 0 aliphatic rings. The van der Waals surface area contributed by atoms with Crippen molar-refractivity contribution < 1.29 is 14.7 Å². The highest BCUT2D eigenvalue weighted by Gasteiger charge is 2.08. The number of carbonyl (C=O) groups is 2. The molecule has 0 heterocycles. The van der Waals surface area contributed by atoms with Crippen molar-refractivity contribution in [3.05, 3.63) is 0 Å². The molecule has 0 radical (unpaired) electrons. The van der Waals surface area contributed by atoms with Crippen LogP contribution >= 0.6 is 0 Å². The van der Waals surface area contributed by atoms with Crippen LogP contribution in [-0.4, -0.2) is 23.0 Å². The van der Waals surface area contributed by atoms with Gasteiger partial charge in [0.25, 0.3) is 0 Å². The lowest BCUT2D eigenvalue weighted by molar-refractivity contribution is -0.137. The Hall–Kier alpha value is -1.10. The number of rotatable bonds is 6. The Morgan fingerprint density at radius 2 is 1.92 bits per heavy atom. The van der Waals surface area contributed by atoms with E-state index < -0.39 is 17.9 Å². The first-order chi connectivity index (χ1) is 5.54. The van der Waals surface area contributed by atoms with Crippen molar-refractivity contribution in [2.75, 3.05) is 0 Å². The largest absolute Gasteiger partial charge is 0.481 e. The second kappa shape index (κ2) is 5.54. The molecule has 0 saturated heterocycles. The van der Waals surface area contributed by atoms with Gasteiger partial charge in [-0.05, 0) is 12.8 Å². The first-order valence-corrected chi connectivity index (χ1v) is 3.80. The van der Waals surface area contributed by atoms with Gasteiger partial charge in [0.05, 0.1) is 6.04 Å². The molecule has 5 nitrogen and oxygen atoms in total. The molecule has 0 aromatic carbocycles. The zero-order valence-corrected chi connectivity index (χ0v) is 6.82. The number of primary amides is 1. The fourth-order valence-corrected chi connectivity index (χ4v) is 0.783. The molecule has 0 rings (SSSR count). The molecule has 12 heavy (non-hydrogen) atoms. The number of aliphatic carboxylic acids is 1. The van der Waals surface area contributed by atoms with Crippen LogP contribution in [0.3, 0.4) is 0 Å². The number of carboxylic acids is 1. The average Bonchev–Trinajstić information content (AvgIpc) is 1.97. The zero-order valence-electron chi connectivity index (χ0n) is 6.82. The maximum absolute atomic E-state index is 10.4. The summed E-state index contributed by atoms with van der Waals surface area (Å²) in [5, 5.41) is 8.27. The minimum absolute atomic E-state index is 0.117. The predicted molar refractivity (Wildman–Crippen MR) is 43.3 cm³/mol. The van der Waals surface area contributed by atoms with E-state index in [0.29, 0.717) is 19.3 Å². The molecule has 0 fully saturated rings. The van der Waals surface area contributed by atoms with Crippen LogP contribution in [0.25, 0.3) is 0 Å². The summed E-state index contributed by atoms with van der Waals surface area (Å²) in [6, 6.07) is -0.640.